The summed E-state index contributed by atoms with van der Waals surface area (Å²) in [5.74, 6) is 0. The van der Waals surface area contributed by atoms with E-state index in [-0.39, 0.29) is 22.4 Å². The van der Waals surface area contributed by atoms with Crippen LogP contribution < -0.4 is 0 Å². The predicted molar refractivity (Wildman–Crippen MR) is 113 cm³/mol. The first kappa shape index (κ1) is 20.9. The van der Waals surface area contributed by atoms with E-state index >= 15 is 0 Å². The highest BCUT2D eigenvalue weighted by molar-refractivity contribution is 7.95. The van der Waals surface area contributed by atoms with Gasteiger partial charge in [-0.2, -0.15) is 0 Å². The van der Waals surface area contributed by atoms with E-state index in [1.54, 1.807) is 30.3 Å². The molecule has 0 amide bonds. The molecule has 4 heteroatoms. The summed E-state index contributed by atoms with van der Waals surface area (Å²) < 4.78 is 25.7. The lowest BCUT2D eigenvalue weighted by molar-refractivity contribution is 0.256. The standard InChI is InChI=1S/C23H27NO2S/c1-19(2)15-16-20(3)24(18-22-11-7-5-8-12-22)17-21(4)27(25,26)23-13-9-6-10-14-23/h5-16,20H,1,4,17-18H2,2-3H3/b16-15+/t20-/m0/s1. The van der Waals surface area contributed by atoms with Crippen LogP contribution in [0.3, 0.4) is 0 Å². The van der Waals surface area contributed by atoms with E-state index in [4.69, 9.17) is 0 Å². The molecule has 0 bridgehead atoms. The Bertz CT molecular complexity index is 900. The number of sulfone groups is 1. The molecule has 0 aliphatic carbocycles. The molecule has 2 aromatic rings. The minimum Gasteiger partial charge on any atom is -0.288 e. The second-order valence-corrected chi connectivity index (χ2v) is 8.75. The summed E-state index contributed by atoms with van der Waals surface area (Å²) >= 11 is 0. The van der Waals surface area contributed by atoms with Crippen molar-refractivity contribution in [1.29, 1.82) is 0 Å². The van der Waals surface area contributed by atoms with Gasteiger partial charge in [0, 0.05) is 19.1 Å². The van der Waals surface area contributed by atoms with Crippen LogP contribution in [0.15, 0.2) is 101 Å². The van der Waals surface area contributed by atoms with Crippen LogP contribution in [0.2, 0.25) is 0 Å². The minimum absolute atomic E-state index is 0.0321. The Kier molecular flexibility index (Phi) is 7.34. The Morgan fingerprint density at radius 2 is 1.59 bits per heavy atom. The Morgan fingerprint density at radius 1 is 1.04 bits per heavy atom. The van der Waals surface area contributed by atoms with Crippen molar-refractivity contribution in [3.05, 3.63) is 102 Å². The van der Waals surface area contributed by atoms with Gasteiger partial charge < -0.3 is 0 Å². The molecule has 142 valence electrons. The van der Waals surface area contributed by atoms with Crippen LogP contribution in [0, 0.1) is 0 Å². The lowest BCUT2D eigenvalue weighted by atomic mass is 10.1. The van der Waals surface area contributed by atoms with Gasteiger partial charge in [0.15, 0.2) is 0 Å². The van der Waals surface area contributed by atoms with Crippen molar-refractivity contribution < 1.29 is 8.42 Å². The lowest BCUT2D eigenvalue weighted by Crippen LogP contribution is -2.34. The fourth-order valence-corrected chi connectivity index (χ4v) is 3.85. The number of nitrogens with zero attached hydrogens (tertiary/aromatic N) is 1. The summed E-state index contributed by atoms with van der Waals surface area (Å²) in [4.78, 5) is 2.57. The minimum atomic E-state index is -3.57. The lowest BCUT2D eigenvalue weighted by Gasteiger charge is -2.28. The smallest absolute Gasteiger partial charge is 0.203 e. The molecule has 0 N–H and O–H groups in total. The summed E-state index contributed by atoms with van der Waals surface area (Å²) in [6.07, 6.45) is 3.99. The van der Waals surface area contributed by atoms with Gasteiger partial charge >= 0.3 is 0 Å². The molecule has 0 heterocycles. The molecule has 0 saturated heterocycles. The van der Waals surface area contributed by atoms with E-state index in [1.165, 1.54) is 0 Å². The fraction of sp³-hybridized carbons (Fsp3) is 0.217. The second-order valence-electron chi connectivity index (χ2n) is 6.69. The van der Waals surface area contributed by atoms with Crippen molar-refractivity contribution in [3.63, 3.8) is 0 Å². The molecule has 0 saturated carbocycles. The topological polar surface area (TPSA) is 37.4 Å². The van der Waals surface area contributed by atoms with Gasteiger partial charge in [-0.25, -0.2) is 8.42 Å². The van der Waals surface area contributed by atoms with E-state index in [2.05, 4.69) is 18.1 Å². The van der Waals surface area contributed by atoms with Crippen molar-refractivity contribution in [2.75, 3.05) is 6.54 Å². The Balaban J connectivity index is 2.24. The van der Waals surface area contributed by atoms with E-state index < -0.39 is 9.84 Å². The molecule has 0 aliphatic rings. The van der Waals surface area contributed by atoms with E-state index in [0.29, 0.717) is 6.54 Å². The molecule has 27 heavy (non-hydrogen) atoms. The summed E-state index contributed by atoms with van der Waals surface area (Å²) in [7, 11) is -3.57. The van der Waals surface area contributed by atoms with Crippen LogP contribution in [-0.2, 0) is 16.4 Å². The molecule has 2 aromatic carbocycles. The molecule has 0 radical (unpaired) electrons. The SMILES string of the molecule is C=C(C)/C=C/[C@H](C)N(CC(=C)S(=O)(=O)c1ccccc1)Cc1ccccc1. The van der Waals surface area contributed by atoms with Gasteiger partial charge in [0.05, 0.1) is 9.80 Å². The molecule has 1 atom stereocenters. The normalized spacial score (nSPS) is 13.0. The van der Waals surface area contributed by atoms with E-state index in [1.807, 2.05) is 56.3 Å². The quantitative estimate of drug-likeness (QED) is 0.574. The van der Waals surface area contributed by atoms with Crippen molar-refractivity contribution in [2.24, 2.45) is 0 Å². The molecule has 0 aromatic heterocycles. The number of benzene rings is 2. The zero-order valence-corrected chi connectivity index (χ0v) is 16.8. The van der Waals surface area contributed by atoms with Crippen LogP contribution in [-0.4, -0.2) is 25.9 Å². The van der Waals surface area contributed by atoms with Crippen molar-refractivity contribution >= 4 is 9.84 Å². The first-order valence-corrected chi connectivity index (χ1v) is 10.4. The summed E-state index contributed by atoms with van der Waals surface area (Å²) in [5.41, 5.74) is 2.08. The molecule has 0 unspecified atom stereocenters. The van der Waals surface area contributed by atoms with Gasteiger partial charge in [-0.1, -0.05) is 79.4 Å². The molecule has 0 fully saturated rings. The second kappa shape index (κ2) is 9.49. The maximum absolute atomic E-state index is 12.9. The number of rotatable bonds is 9. The van der Waals surface area contributed by atoms with Gasteiger partial charge in [-0.05, 0) is 31.5 Å². The van der Waals surface area contributed by atoms with Crippen LogP contribution in [0.25, 0.3) is 0 Å². The monoisotopic (exact) mass is 381 g/mol. The largest absolute Gasteiger partial charge is 0.288 e. The molecule has 3 nitrogen and oxygen atoms in total. The molecule has 0 spiro atoms. The van der Waals surface area contributed by atoms with Crippen LogP contribution in [0.4, 0.5) is 0 Å². The summed E-state index contributed by atoms with van der Waals surface area (Å²) in [6, 6.07) is 18.5. The zero-order chi connectivity index (χ0) is 19.9. The van der Waals surface area contributed by atoms with Crippen molar-refractivity contribution in [1.82, 2.24) is 4.90 Å². The summed E-state index contributed by atoms with van der Waals surface area (Å²) in [6.45, 7) is 12.7. The summed E-state index contributed by atoms with van der Waals surface area (Å²) in [5, 5.41) is 0. The van der Waals surface area contributed by atoms with Gasteiger partial charge in [0.2, 0.25) is 9.84 Å². The van der Waals surface area contributed by atoms with Gasteiger partial charge in [0.25, 0.3) is 0 Å². The number of hydrogen-bond donors (Lipinski definition) is 0. The maximum Gasteiger partial charge on any atom is 0.203 e. The molecular formula is C23H27NO2S. The van der Waals surface area contributed by atoms with E-state index in [9.17, 15) is 8.42 Å². The highest BCUT2D eigenvalue weighted by Gasteiger charge is 2.22. The highest BCUT2D eigenvalue weighted by Crippen LogP contribution is 2.21. The van der Waals surface area contributed by atoms with Crippen molar-refractivity contribution in [2.45, 2.75) is 31.3 Å². The highest BCUT2D eigenvalue weighted by atomic mass is 32.2. The van der Waals surface area contributed by atoms with Crippen LogP contribution >= 0.6 is 0 Å². The van der Waals surface area contributed by atoms with Gasteiger partial charge in [-0.3, -0.25) is 4.90 Å². The Labute approximate surface area is 163 Å². The maximum atomic E-state index is 12.9. The Morgan fingerprint density at radius 3 is 2.15 bits per heavy atom. The third kappa shape index (κ3) is 6.05. The molecular weight excluding hydrogens is 354 g/mol. The van der Waals surface area contributed by atoms with Gasteiger partial charge in [-0.15, -0.1) is 0 Å². The third-order valence-corrected chi connectivity index (χ3v) is 6.06. The van der Waals surface area contributed by atoms with Gasteiger partial charge in [0.1, 0.15) is 0 Å². The van der Waals surface area contributed by atoms with Crippen molar-refractivity contribution in [3.8, 4) is 0 Å². The first-order valence-electron chi connectivity index (χ1n) is 8.90. The average Bonchev–Trinajstić information content (AvgIpc) is 2.67. The average molecular weight is 382 g/mol. The first-order chi connectivity index (χ1) is 12.8. The predicted octanol–water partition coefficient (Wildman–Crippen LogP) is 5.00. The van der Waals surface area contributed by atoms with E-state index in [0.717, 1.165) is 11.1 Å². The number of allylic oxidation sites excluding steroid dienone is 2. The Hall–Kier alpha value is -2.43. The molecule has 0 aliphatic heterocycles. The third-order valence-electron chi connectivity index (χ3n) is 4.28. The zero-order valence-electron chi connectivity index (χ0n) is 16.0. The van der Waals surface area contributed by atoms with Crippen LogP contribution in [0.5, 0.6) is 0 Å². The molecule has 2 rings (SSSR count). The van der Waals surface area contributed by atoms with Crippen LogP contribution in [0.1, 0.15) is 19.4 Å². The number of hydrogen-bond acceptors (Lipinski definition) is 3. The fourth-order valence-electron chi connectivity index (χ4n) is 2.66.